The summed E-state index contributed by atoms with van der Waals surface area (Å²) >= 11 is 0. The molecule has 22 heavy (non-hydrogen) atoms. The number of hydrogen-bond acceptors (Lipinski definition) is 6. The molecule has 3 rings (SSSR count). The molecule has 0 aliphatic carbocycles. The van der Waals surface area contributed by atoms with Gasteiger partial charge in [0, 0.05) is 25.2 Å². The first-order valence-electron chi connectivity index (χ1n) is 8.19. The minimum atomic E-state index is -0.184. The van der Waals surface area contributed by atoms with E-state index in [0.29, 0.717) is 12.5 Å². The Kier molecular flexibility index (Phi) is 4.27. The first-order chi connectivity index (χ1) is 10.4. The van der Waals surface area contributed by atoms with Crippen LogP contribution in [0.3, 0.4) is 0 Å². The average molecular weight is 309 g/mol. The Bertz CT molecular complexity index is 506. The van der Waals surface area contributed by atoms with E-state index in [2.05, 4.69) is 43.2 Å². The van der Waals surface area contributed by atoms with Crippen LogP contribution in [-0.4, -0.2) is 40.6 Å². The summed E-state index contributed by atoms with van der Waals surface area (Å²) in [5, 5.41) is 7.63. The summed E-state index contributed by atoms with van der Waals surface area (Å²) in [7, 11) is 0. The Balaban J connectivity index is 1.57. The summed E-state index contributed by atoms with van der Waals surface area (Å²) in [5.41, 5.74) is -0.275. The van der Waals surface area contributed by atoms with Crippen molar-refractivity contribution in [2.75, 3.05) is 13.2 Å². The van der Waals surface area contributed by atoms with E-state index in [1.165, 1.54) is 0 Å². The van der Waals surface area contributed by atoms with Gasteiger partial charge in [0.05, 0.1) is 17.7 Å². The molecule has 0 bridgehead atoms. The van der Waals surface area contributed by atoms with E-state index in [4.69, 9.17) is 14.0 Å². The van der Waals surface area contributed by atoms with Crippen LogP contribution >= 0.6 is 0 Å². The van der Waals surface area contributed by atoms with Gasteiger partial charge in [0.15, 0.2) is 5.82 Å². The molecule has 3 heterocycles. The summed E-state index contributed by atoms with van der Waals surface area (Å²) in [6.45, 7) is 10.7. The van der Waals surface area contributed by atoms with E-state index >= 15 is 0 Å². The molecule has 1 unspecified atom stereocenters. The molecule has 1 N–H and O–H groups in total. The molecule has 6 nitrogen and oxygen atoms in total. The van der Waals surface area contributed by atoms with Crippen LogP contribution in [-0.2, 0) is 16.0 Å². The smallest absolute Gasteiger partial charge is 0.229 e. The summed E-state index contributed by atoms with van der Waals surface area (Å²) in [6.07, 6.45) is 2.91. The molecule has 1 atom stereocenters. The van der Waals surface area contributed by atoms with Gasteiger partial charge in [-0.15, -0.1) is 0 Å². The first kappa shape index (κ1) is 15.9. The highest BCUT2D eigenvalue weighted by atomic mass is 16.5. The molecule has 2 saturated heterocycles. The molecule has 2 aliphatic rings. The standard InChI is InChI=1S/C16H27N3O3/c1-15(2)9-12(16(3,4)22-15)17-10-13-18-14(21-19-13)11-5-7-20-8-6-11/h11-12,17H,5-10H2,1-4H3. The third-order valence-corrected chi connectivity index (χ3v) is 4.64. The van der Waals surface area contributed by atoms with Gasteiger partial charge in [0.1, 0.15) is 0 Å². The molecular formula is C16H27N3O3. The Morgan fingerprint density at radius 3 is 2.55 bits per heavy atom. The van der Waals surface area contributed by atoms with Crippen molar-refractivity contribution in [3.63, 3.8) is 0 Å². The highest BCUT2D eigenvalue weighted by Gasteiger charge is 2.45. The molecule has 0 amide bonds. The van der Waals surface area contributed by atoms with Crippen LogP contribution in [0.1, 0.15) is 64.6 Å². The normalized spacial score (nSPS) is 28.1. The van der Waals surface area contributed by atoms with Gasteiger partial charge in [0.25, 0.3) is 0 Å². The molecule has 0 radical (unpaired) electrons. The molecule has 2 fully saturated rings. The lowest BCUT2D eigenvalue weighted by atomic mass is 9.94. The van der Waals surface area contributed by atoms with Crippen LogP contribution in [0.2, 0.25) is 0 Å². The van der Waals surface area contributed by atoms with E-state index in [1.807, 2.05) is 0 Å². The van der Waals surface area contributed by atoms with Gasteiger partial charge in [-0.1, -0.05) is 5.16 Å². The van der Waals surface area contributed by atoms with Crippen molar-refractivity contribution < 1.29 is 14.0 Å². The van der Waals surface area contributed by atoms with Crippen molar-refractivity contribution in [2.45, 2.75) is 76.7 Å². The number of rotatable bonds is 4. The maximum atomic E-state index is 6.10. The van der Waals surface area contributed by atoms with Crippen molar-refractivity contribution in [2.24, 2.45) is 0 Å². The highest BCUT2D eigenvalue weighted by Crippen LogP contribution is 2.37. The van der Waals surface area contributed by atoms with Gasteiger partial charge in [0.2, 0.25) is 5.89 Å². The molecule has 0 spiro atoms. The van der Waals surface area contributed by atoms with Crippen molar-refractivity contribution in [1.29, 1.82) is 0 Å². The van der Waals surface area contributed by atoms with Crippen LogP contribution in [0.5, 0.6) is 0 Å². The van der Waals surface area contributed by atoms with Crippen LogP contribution in [0.15, 0.2) is 4.52 Å². The van der Waals surface area contributed by atoms with Crippen molar-refractivity contribution in [3.8, 4) is 0 Å². The van der Waals surface area contributed by atoms with Gasteiger partial charge < -0.3 is 19.3 Å². The van der Waals surface area contributed by atoms with Crippen molar-refractivity contribution in [1.82, 2.24) is 15.5 Å². The zero-order chi connectivity index (χ0) is 15.8. The third kappa shape index (κ3) is 3.50. The molecule has 0 saturated carbocycles. The lowest BCUT2D eigenvalue weighted by molar-refractivity contribution is -0.0699. The van der Waals surface area contributed by atoms with Crippen LogP contribution < -0.4 is 5.32 Å². The Morgan fingerprint density at radius 2 is 1.91 bits per heavy atom. The lowest BCUT2D eigenvalue weighted by Gasteiger charge is -2.27. The molecule has 6 heteroatoms. The third-order valence-electron chi connectivity index (χ3n) is 4.64. The molecular weight excluding hydrogens is 282 g/mol. The summed E-state index contributed by atoms with van der Waals surface area (Å²) in [5.74, 6) is 1.82. The maximum Gasteiger partial charge on any atom is 0.229 e. The second-order valence-electron chi connectivity index (χ2n) is 7.54. The fourth-order valence-electron chi connectivity index (χ4n) is 3.54. The zero-order valence-electron chi connectivity index (χ0n) is 14.0. The SMILES string of the molecule is CC1(C)CC(NCc2noc(C3CCOCC3)n2)C(C)(C)O1. The largest absolute Gasteiger partial charge is 0.381 e. The van der Waals surface area contributed by atoms with Gasteiger partial charge >= 0.3 is 0 Å². The van der Waals surface area contributed by atoms with E-state index in [9.17, 15) is 0 Å². The molecule has 0 aromatic carbocycles. The number of nitrogens with one attached hydrogen (secondary N) is 1. The Hall–Kier alpha value is -0.980. The number of hydrogen-bond donors (Lipinski definition) is 1. The maximum absolute atomic E-state index is 6.10. The van der Waals surface area contributed by atoms with Crippen molar-refractivity contribution in [3.05, 3.63) is 11.7 Å². The van der Waals surface area contributed by atoms with E-state index in [-0.39, 0.29) is 17.2 Å². The van der Waals surface area contributed by atoms with Gasteiger partial charge in [-0.3, -0.25) is 0 Å². The van der Waals surface area contributed by atoms with Crippen LogP contribution in [0, 0.1) is 0 Å². The topological polar surface area (TPSA) is 69.4 Å². The quantitative estimate of drug-likeness (QED) is 0.921. The van der Waals surface area contributed by atoms with Crippen molar-refractivity contribution >= 4 is 0 Å². The molecule has 1 aromatic rings. The average Bonchev–Trinajstić information content (AvgIpc) is 2.99. The molecule has 1 aromatic heterocycles. The second kappa shape index (κ2) is 5.91. The lowest BCUT2D eigenvalue weighted by Crippen LogP contribution is -2.43. The van der Waals surface area contributed by atoms with E-state index in [1.54, 1.807) is 0 Å². The predicted molar refractivity (Wildman–Crippen MR) is 81.6 cm³/mol. The fraction of sp³-hybridized carbons (Fsp3) is 0.875. The first-order valence-corrected chi connectivity index (χ1v) is 8.19. The Morgan fingerprint density at radius 1 is 1.18 bits per heavy atom. The zero-order valence-corrected chi connectivity index (χ0v) is 14.0. The van der Waals surface area contributed by atoms with Crippen LogP contribution in [0.25, 0.3) is 0 Å². The monoisotopic (exact) mass is 309 g/mol. The second-order valence-corrected chi connectivity index (χ2v) is 7.54. The van der Waals surface area contributed by atoms with Gasteiger partial charge in [-0.2, -0.15) is 4.98 Å². The molecule has 124 valence electrons. The summed E-state index contributed by atoms with van der Waals surface area (Å²) < 4.78 is 16.9. The number of nitrogens with zero attached hydrogens (tertiary/aromatic N) is 2. The fourth-order valence-corrected chi connectivity index (χ4v) is 3.54. The van der Waals surface area contributed by atoms with Gasteiger partial charge in [-0.05, 0) is 47.0 Å². The summed E-state index contributed by atoms with van der Waals surface area (Å²) in [6, 6.07) is 0.285. The number of ether oxygens (including phenoxy) is 2. The predicted octanol–water partition coefficient (Wildman–Crippen LogP) is 2.40. The molecule has 2 aliphatic heterocycles. The van der Waals surface area contributed by atoms with Gasteiger partial charge in [-0.25, -0.2) is 0 Å². The summed E-state index contributed by atoms with van der Waals surface area (Å²) in [4.78, 5) is 4.54. The van der Waals surface area contributed by atoms with Crippen LogP contribution in [0.4, 0.5) is 0 Å². The van der Waals surface area contributed by atoms with E-state index < -0.39 is 0 Å². The minimum Gasteiger partial charge on any atom is -0.381 e. The highest BCUT2D eigenvalue weighted by molar-refractivity contribution is 5.00. The van der Waals surface area contributed by atoms with E-state index in [0.717, 1.165) is 44.2 Å². The Labute approximate surface area is 131 Å². The number of aromatic nitrogens is 2. The minimum absolute atomic E-state index is 0.0916.